The fraction of sp³-hybridized carbons (Fsp3) is 0.571. The van der Waals surface area contributed by atoms with Crippen LogP contribution in [-0.4, -0.2) is 18.0 Å². The van der Waals surface area contributed by atoms with Crippen molar-refractivity contribution in [2.24, 2.45) is 10.8 Å². The molecule has 0 bridgehead atoms. The summed E-state index contributed by atoms with van der Waals surface area (Å²) in [5.41, 5.74) is 2.02. The smallest absolute Gasteiger partial charge is 0.273 e. The van der Waals surface area contributed by atoms with Gasteiger partial charge in [-0.05, 0) is 16.9 Å². The van der Waals surface area contributed by atoms with Crippen molar-refractivity contribution in [2.75, 3.05) is 17.7 Å². The van der Waals surface area contributed by atoms with E-state index in [1.165, 1.54) is 6.07 Å². The average molecular weight is 263 g/mol. The van der Waals surface area contributed by atoms with Gasteiger partial charge in [0.15, 0.2) is 0 Å². The standard InChI is InChI=1S/C14H21N3O2/c1-13(2)12(14(13,3)4)16-10-6-9(15-5)7-11(8-10)17(18)19/h6-8,12,15-16H,1-5H3. The SMILES string of the molecule is CNc1cc(NC2C(C)(C)C2(C)C)cc([N+](=O)[O-])c1. The van der Waals surface area contributed by atoms with Crippen molar-refractivity contribution in [3.63, 3.8) is 0 Å². The van der Waals surface area contributed by atoms with Gasteiger partial charge in [-0.2, -0.15) is 0 Å². The van der Waals surface area contributed by atoms with Gasteiger partial charge < -0.3 is 10.6 Å². The first-order chi connectivity index (χ1) is 8.70. The predicted molar refractivity (Wildman–Crippen MR) is 77.6 cm³/mol. The molecule has 0 unspecified atom stereocenters. The maximum atomic E-state index is 10.9. The quantitative estimate of drug-likeness (QED) is 0.644. The molecule has 0 aromatic heterocycles. The molecule has 5 heteroatoms. The molecule has 0 aliphatic heterocycles. The van der Waals surface area contributed by atoms with Crippen molar-refractivity contribution in [2.45, 2.75) is 33.7 Å². The maximum absolute atomic E-state index is 10.9. The Hall–Kier alpha value is -1.78. The lowest BCUT2D eigenvalue weighted by Crippen LogP contribution is -2.10. The summed E-state index contributed by atoms with van der Waals surface area (Å²) in [6.45, 7) is 8.84. The molecule has 19 heavy (non-hydrogen) atoms. The Morgan fingerprint density at radius 1 is 1.11 bits per heavy atom. The number of anilines is 2. The molecule has 104 valence electrons. The van der Waals surface area contributed by atoms with Gasteiger partial charge >= 0.3 is 0 Å². The third kappa shape index (κ3) is 2.13. The lowest BCUT2D eigenvalue weighted by Gasteiger charge is -2.10. The normalized spacial score (nSPS) is 19.8. The van der Waals surface area contributed by atoms with E-state index in [1.54, 1.807) is 13.1 Å². The van der Waals surface area contributed by atoms with Crippen LogP contribution in [0.15, 0.2) is 18.2 Å². The number of nitro groups is 1. The van der Waals surface area contributed by atoms with Crippen LogP contribution in [0.4, 0.5) is 17.1 Å². The van der Waals surface area contributed by atoms with Gasteiger partial charge in [0, 0.05) is 36.6 Å². The second-order valence-electron chi connectivity index (χ2n) is 6.30. The highest BCUT2D eigenvalue weighted by molar-refractivity contribution is 5.64. The van der Waals surface area contributed by atoms with Crippen LogP contribution in [0.25, 0.3) is 0 Å². The Morgan fingerprint density at radius 3 is 2.05 bits per heavy atom. The zero-order valence-corrected chi connectivity index (χ0v) is 12.1. The molecule has 0 saturated heterocycles. The van der Waals surface area contributed by atoms with Gasteiger partial charge in [-0.25, -0.2) is 0 Å². The topological polar surface area (TPSA) is 67.2 Å². The van der Waals surface area contributed by atoms with E-state index in [4.69, 9.17) is 0 Å². The van der Waals surface area contributed by atoms with E-state index in [0.717, 1.165) is 11.4 Å². The van der Waals surface area contributed by atoms with Crippen LogP contribution in [0.5, 0.6) is 0 Å². The van der Waals surface area contributed by atoms with Crippen molar-refractivity contribution in [3.05, 3.63) is 28.3 Å². The van der Waals surface area contributed by atoms with E-state index in [1.807, 2.05) is 6.07 Å². The van der Waals surface area contributed by atoms with E-state index in [9.17, 15) is 10.1 Å². The Kier molecular flexibility index (Phi) is 2.96. The molecule has 1 aliphatic carbocycles. The molecule has 0 radical (unpaired) electrons. The van der Waals surface area contributed by atoms with E-state index >= 15 is 0 Å². The second kappa shape index (κ2) is 4.11. The van der Waals surface area contributed by atoms with Crippen LogP contribution in [0.2, 0.25) is 0 Å². The molecule has 0 atom stereocenters. The average Bonchev–Trinajstić information content (AvgIpc) is 2.71. The maximum Gasteiger partial charge on any atom is 0.273 e. The molecule has 2 N–H and O–H groups in total. The van der Waals surface area contributed by atoms with Crippen LogP contribution in [0.3, 0.4) is 0 Å². The molecular weight excluding hydrogens is 242 g/mol. The molecule has 5 nitrogen and oxygen atoms in total. The number of nitro benzene ring substituents is 1. The number of nitrogens with one attached hydrogen (secondary N) is 2. The number of nitrogens with zero attached hydrogens (tertiary/aromatic N) is 1. The Bertz CT molecular complexity index is 509. The molecule has 0 amide bonds. The lowest BCUT2D eigenvalue weighted by molar-refractivity contribution is -0.384. The molecule has 0 heterocycles. The van der Waals surface area contributed by atoms with Crippen molar-refractivity contribution in [1.29, 1.82) is 0 Å². The van der Waals surface area contributed by atoms with Crippen LogP contribution in [0, 0.1) is 20.9 Å². The first kappa shape index (κ1) is 13.6. The van der Waals surface area contributed by atoms with Gasteiger partial charge in [0.05, 0.1) is 4.92 Å². The van der Waals surface area contributed by atoms with E-state index in [-0.39, 0.29) is 21.4 Å². The van der Waals surface area contributed by atoms with E-state index in [0.29, 0.717) is 6.04 Å². The van der Waals surface area contributed by atoms with E-state index < -0.39 is 0 Å². The van der Waals surface area contributed by atoms with Crippen LogP contribution in [-0.2, 0) is 0 Å². The molecule has 1 saturated carbocycles. The zero-order valence-electron chi connectivity index (χ0n) is 12.1. The molecule has 1 fully saturated rings. The highest BCUT2D eigenvalue weighted by Crippen LogP contribution is 2.63. The largest absolute Gasteiger partial charge is 0.388 e. The summed E-state index contributed by atoms with van der Waals surface area (Å²) in [5.74, 6) is 0. The Balaban J connectivity index is 2.27. The number of hydrogen-bond donors (Lipinski definition) is 2. The van der Waals surface area contributed by atoms with Crippen LogP contribution >= 0.6 is 0 Å². The summed E-state index contributed by atoms with van der Waals surface area (Å²) < 4.78 is 0. The number of rotatable bonds is 4. The van der Waals surface area contributed by atoms with Gasteiger partial charge in [0.25, 0.3) is 5.69 Å². The third-order valence-corrected chi connectivity index (χ3v) is 4.75. The summed E-state index contributed by atoms with van der Waals surface area (Å²) in [7, 11) is 1.76. The van der Waals surface area contributed by atoms with E-state index in [2.05, 4.69) is 38.3 Å². The summed E-state index contributed by atoms with van der Waals surface area (Å²) in [5, 5.41) is 17.3. The molecule has 1 aromatic rings. The van der Waals surface area contributed by atoms with Gasteiger partial charge in [0.2, 0.25) is 0 Å². The van der Waals surface area contributed by atoms with Crippen molar-refractivity contribution < 1.29 is 4.92 Å². The summed E-state index contributed by atoms with van der Waals surface area (Å²) >= 11 is 0. The minimum absolute atomic E-state index is 0.102. The van der Waals surface area contributed by atoms with Crippen LogP contribution in [0.1, 0.15) is 27.7 Å². The zero-order chi connectivity index (χ0) is 14.4. The first-order valence-corrected chi connectivity index (χ1v) is 6.44. The first-order valence-electron chi connectivity index (χ1n) is 6.44. The number of hydrogen-bond acceptors (Lipinski definition) is 4. The minimum Gasteiger partial charge on any atom is -0.388 e. The molecule has 1 aliphatic rings. The minimum atomic E-state index is -0.366. The fourth-order valence-corrected chi connectivity index (χ4v) is 2.67. The third-order valence-electron chi connectivity index (χ3n) is 4.75. The lowest BCUT2D eigenvalue weighted by atomic mass is 10.0. The highest BCUT2D eigenvalue weighted by atomic mass is 16.6. The summed E-state index contributed by atoms with van der Waals surface area (Å²) in [6, 6.07) is 5.35. The molecule has 1 aromatic carbocycles. The van der Waals surface area contributed by atoms with Crippen molar-refractivity contribution in [3.8, 4) is 0 Å². The van der Waals surface area contributed by atoms with Crippen molar-refractivity contribution >= 4 is 17.1 Å². The van der Waals surface area contributed by atoms with Crippen molar-refractivity contribution in [1.82, 2.24) is 0 Å². The highest BCUT2D eigenvalue weighted by Gasteiger charge is 2.64. The summed E-state index contributed by atoms with van der Waals surface area (Å²) in [4.78, 5) is 10.6. The fourth-order valence-electron chi connectivity index (χ4n) is 2.67. The van der Waals surface area contributed by atoms with Gasteiger partial charge in [-0.1, -0.05) is 27.7 Å². The van der Waals surface area contributed by atoms with Gasteiger partial charge in [-0.3, -0.25) is 10.1 Å². The molecule has 2 rings (SSSR count). The summed E-state index contributed by atoms with van der Waals surface area (Å²) in [6.07, 6.45) is 0. The Morgan fingerprint density at radius 2 is 1.63 bits per heavy atom. The molecular formula is C14H21N3O2. The second-order valence-corrected chi connectivity index (χ2v) is 6.30. The predicted octanol–water partition coefficient (Wildman–Crippen LogP) is 3.48. The van der Waals surface area contributed by atoms with Crippen LogP contribution < -0.4 is 10.6 Å². The van der Waals surface area contributed by atoms with Gasteiger partial charge in [-0.15, -0.1) is 0 Å². The Labute approximate surface area is 113 Å². The monoisotopic (exact) mass is 263 g/mol. The number of benzene rings is 1. The molecule has 0 spiro atoms. The number of non-ortho nitro benzene ring substituents is 1. The van der Waals surface area contributed by atoms with Gasteiger partial charge in [0.1, 0.15) is 0 Å².